The molecule has 0 radical (unpaired) electrons. The first-order chi connectivity index (χ1) is 15.8. The first kappa shape index (κ1) is 22.9. The standard InChI is InChI=1S/C23H21ClF2N6S/c1-14-22(15(2)32(29-14)12-16-6-3-4-8-19(16)25)28-23(33)27-21-10-11-31(30-21)13-17-18(24)7-5-9-20(17)26/h3-11H,12-13H2,1-2H3,(H2,27,28,30,33). The first-order valence-electron chi connectivity index (χ1n) is 10.1. The predicted octanol–water partition coefficient (Wildman–Crippen LogP) is 5.53. The van der Waals surface area contributed by atoms with Gasteiger partial charge in [-0.05, 0) is 44.3 Å². The lowest BCUT2D eigenvalue weighted by Crippen LogP contribution is -2.20. The maximum atomic E-state index is 14.0. The minimum atomic E-state index is -0.386. The zero-order valence-corrected chi connectivity index (χ0v) is 19.5. The highest BCUT2D eigenvalue weighted by Gasteiger charge is 2.15. The summed E-state index contributed by atoms with van der Waals surface area (Å²) in [6, 6.07) is 12.9. The fourth-order valence-corrected chi connectivity index (χ4v) is 3.87. The second kappa shape index (κ2) is 9.68. The Hall–Kier alpha value is -3.30. The van der Waals surface area contributed by atoms with Gasteiger partial charge in [0, 0.05) is 28.4 Å². The van der Waals surface area contributed by atoms with Gasteiger partial charge in [0.05, 0.1) is 30.2 Å². The van der Waals surface area contributed by atoms with E-state index in [4.69, 9.17) is 23.8 Å². The van der Waals surface area contributed by atoms with Crippen LogP contribution in [0.4, 0.5) is 20.3 Å². The average Bonchev–Trinajstić information content (AvgIpc) is 3.31. The van der Waals surface area contributed by atoms with Gasteiger partial charge in [-0.3, -0.25) is 9.36 Å². The van der Waals surface area contributed by atoms with E-state index in [2.05, 4.69) is 20.8 Å². The van der Waals surface area contributed by atoms with E-state index in [0.717, 1.165) is 17.1 Å². The Morgan fingerprint density at radius 2 is 1.73 bits per heavy atom. The molecule has 2 N–H and O–H groups in total. The van der Waals surface area contributed by atoms with E-state index in [1.807, 2.05) is 13.8 Å². The Bertz CT molecular complexity index is 1300. The van der Waals surface area contributed by atoms with Crippen molar-refractivity contribution in [2.24, 2.45) is 0 Å². The van der Waals surface area contributed by atoms with Gasteiger partial charge in [0.25, 0.3) is 0 Å². The van der Waals surface area contributed by atoms with Gasteiger partial charge in [-0.2, -0.15) is 10.2 Å². The molecule has 4 aromatic rings. The number of rotatable bonds is 6. The molecule has 0 amide bonds. The molecule has 33 heavy (non-hydrogen) atoms. The van der Waals surface area contributed by atoms with Crippen LogP contribution in [0, 0.1) is 25.5 Å². The normalized spacial score (nSPS) is 10.9. The Balaban J connectivity index is 1.42. The van der Waals surface area contributed by atoms with Crippen molar-refractivity contribution in [3.8, 4) is 0 Å². The number of benzene rings is 2. The third-order valence-corrected chi connectivity index (χ3v) is 5.72. The minimum absolute atomic E-state index is 0.189. The fraction of sp³-hybridized carbons (Fsp3) is 0.174. The van der Waals surface area contributed by atoms with Crippen LogP contribution in [0.15, 0.2) is 54.7 Å². The fourth-order valence-electron chi connectivity index (χ4n) is 3.44. The van der Waals surface area contributed by atoms with Crippen molar-refractivity contribution in [3.05, 3.63) is 93.9 Å². The van der Waals surface area contributed by atoms with Crippen molar-refractivity contribution in [2.45, 2.75) is 26.9 Å². The van der Waals surface area contributed by atoms with Crippen LogP contribution >= 0.6 is 23.8 Å². The van der Waals surface area contributed by atoms with Crippen LogP contribution in [0.1, 0.15) is 22.5 Å². The van der Waals surface area contributed by atoms with Gasteiger partial charge in [0.15, 0.2) is 10.9 Å². The van der Waals surface area contributed by atoms with E-state index in [1.54, 1.807) is 52.0 Å². The summed E-state index contributed by atoms with van der Waals surface area (Å²) >= 11 is 11.5. The first-order valence-corrected chi connectivity index (χ1v) is 10.9. The number of aryl methyl sites for hydroxylation is 1. The number of hydrogen-bond donors (Lipinski definition) is 2. The second-order valence-corrected chi connectivity index (χ2v) is 8.29. The highest BCUT2D eigenvalue weighted by Crippen LogP contribution is 2.22. The molecule has 2 aromatic carbocycles. The van der Waals surface area contributed by atoms with Gasteiger partial charge < -0.3 is 10.6 Å². The number of anilines is 2. The van der Waals surface area contributed by atoms with Crippen molar-refractivity contribution in [3.63, 3.8) is 0 Å². The van der Waals surface area contributed by atoms with E-state index in [0.29, 0.717) is 33.6 Å². The molecule has 6 nitrogen and oxygen atoms in total. The lowest BCUT2D eigenvalue weighted by atomic mass is 10.2. The number of halogens is 3. The number of nitrogens with one attached hydrogen (secondary N) is 2. The molecule has 0 aliphatic rings. The molecular weight excluding hydrogens is 466 g/mol. The summed E-state index contributed by atoms with van der Waals surface area (Å²) in [5, 5.41) is 15.7. The molecule has 0 unspecified atom stereocenters. The third-order valence-electron chi connectivity index (χ3n) is 5.16. The van der Waals surface area contributed by atoms with Gasteiger partial charge >= 0.3 is 0 Å². The Morgan fingerprint density at radius 1 is 0.970 bits per heavy atom. The van der Waals surface area contributed by atoms with Crippen LogP contribution in [0.3, 0.4) is 0 Å². The maximum absolute atomic E-state index is 14.0. The van der Waals surface area contributed by atoms with Crippen LogP contribution in [0.2, 0.25) is 5.02 Å². The topological polar surface area (TPSA) is 59.7 Å². The third kappa shape index (κ3) is 5.20. The molecule has 0 saturated heterocycles. The predicted molar refractivity (Wildman–Crippen MR) is 130 cm³/mol. The molecule has 0 atom stereocenters. The summed E-state index contributed by atoms with van der Waals surface area (Å²) in [5.74, 6) is -0.166. The van der Waals surface area contributed by atoms with Crippen LogP contribution in [-0.4, -0.2) is 24.7 Å². The number of hydrogen-bond acceptors (Lipinski definition) is 3. The molecule has 0 spiro atoms. The highest BCUT2D eigenvalue weighted by molar-refractivity contribution is 7.80. The van der Waals surface area contributed by atoms with E-state index < -0.39 is 0 Å². The monoisotopic (exact) mass is 486 g/mol. The smallest absolute Gasteiger partial charge is 0.176 e. The van der Waals surface area contributed by atoms with Gasteiger partial charge in [-0.1, -0.05) is 35.9 Å². The van der Waals surface area contributed by atoms with Crippen molar-refractivity contribution in [1.29, 1.82) is 0 Å². The quantitative estimate of drug-likeness (QED) is 0.351. The summed E-state index contributed by atoms with van der Waals surface area (Å²) < 4.78 is 31.4. The molecule has 0 fully saturated rings. The molecule has 0 bridgehead atoms. The highest BCUT2D eigenvalue weighted by atomic mass is 35.5. The van der Waals surface area contributed by atoms with Gasteiger partial charge in [0.1, 0.15) is 11.6 Å². The lowest BCUT2D eigenvalue weighted by molar-refractivity contribution is 0.579. The van der Waals surface area contributed by atoms with E-state index >= 15 is 0 Å². The minimum Gasteiger partial charge on any atom is -0.329 e. The Kier molecular flexibility index (Phi) is 6.71. The molecule has 0 aliphatic carbocycles. The Morgan fingerprint density at radius 3 is 2.48 bits per heavy atom. The van der Waals surface area contributed by atoms with Crippen LogP contribution in [-0.2, 0) is 13.1 Å². The summed E-state index contributed by atoms with van der Waals surface area (Å²) in [5.41, 5.74) is 3.20. The molecule has 10 heteroatoms. The molecule has 2 heterocycles. The van der Waals surface area contributed by atoms with E-state index in [1.165, 1.54) is 12.1 Å². The molecule has 0 aliphatic heterocycles. The summed E-state index contributed by atoms with van der Waals surface area (Å²) in [6.45, 7) is 4.24. The summed E-state index contributed by atoms with van der Waals surface area (Å²) in [4.78, 5) is 0. The lowest BCUT2D eigenvalue weighted by Gasteiger charge is -2.10. The van der Waals surface area contributed by atoms with Crippen molar-refractivity contribution < 1.29 is 8.78 Å². The largest absolute Gasteiger partial charge is 0.329 e. The molecule has 2 aromatic heterocycles. The molecule has 4 rings (SSSR count). The number of thiocarbonyl (C=S) groups is 1. The molecule has 170 valence electrons. The SMILES string of the molecule is Cc1nn(Cc2ccccc2F)c(C)c1NC(=S)Nc1ccn(Cc2c(F)cccc2Cl)n1. The summed E-state index contributed by atoms with van der Waals surface area (Å²) in [6.07, 6.45) is 1.71. The second-order valence-electron chi connectivity index (χ2n) is 7.47. The number of aromatic nitrogens is 4. The van der Waals surface area contributed by atoms with E-state index in [-0.39, 0.29) is 18.2 Å². The summed E-state index contributed by atoms with van der Waals surface area (Å²) in [7, 11) is 0. The zero-order valence-electron chi connectivity index (χ0n) is 17.9. The molecule has 0 saturated carbocycles. The van der Waals surface area contributed by atoms with Crippen molar-refractivity contribution in [1.82, 2.24) is 19.6 Å². The van der Waals surface area contributed by atoms with Crippen molar-refractivity contribution in [2.75, 3.05) is 10.6 Å². The van der Waals surface area contributed by atoms with E-state index in [9.17, 15) is 8.78 Å². The number of nitrogens with zero attached hydrogens (tertiary/aromatic N) is 4. The van der Waals surface area contributed by atoms with Crippen molar-refractivity contribution >= 4 is 40.4 Å². The van der Waals surface area contributed by atoms with Gasteiger partial charge in [-0.25, -0.2) is 8.78 Å². The van der Waals surface area contributed by atoms with Crippen LogP contribution in [0.25, 0.3) is 0 Å². The maximum Gasteiger partial charge on any atom is 0.176 e. The zero-order chi connectivity index (χ0) is 23.5. The van der Waals surface area contributed by atoms with Crippen LogP contribution < -0.4 is 10.6 Å². The molecular formula is C23H21ClF2N6S. The van der Waals surface area contributed by atoms with Crippen LogP contribution in [0.5, 0.6) is 0 Å². The van der Waals surface area contributed by atoms with Gasteiger partial charge in [0.2, 0.25) is 0 Å². The van der Waals surface area contributed by atoms with Gasteiger partial charge in [-0.15, -0.1) is 0 Å². The average molecular weight is 487 g/mol. The Labute approximate surface area is 200 Å².